The summed E-state index contributed by atoms with van der Waals surface area (Å²) >= 11 is 0. The van der Waals surface area contributed by atoms with E-state index in [0.29, 0.717) is 17.2 Å². The second-order valence-corrected chi connectivity index (χ2v) is 4.05. The number of methoxy groups -OCH3 is 3. The topological polar surface area (TPSA) is 40.6 Å². The lowest BCUT2D eigenvalue weighted by Gasteiger charge is -2.12. The molecule has 8 heteroatoms. The molecule has 0 fully saturated rings. The maximum Gasteiger partial charge on any atom is 0.203 e. The van der Waals surface area contributed by atoms with E-state index in [2.05, 4.69) is 4.98 Å². The molecule has 0 aliphatic carbocycles. The molecule has 1 aromatic heterocycles. The summed E-state index contributed by atoms with van der Waals surface area (Å²) in [4.78, 5) is 4.24. The van der Waals surface area contributed by atoms with Crippen LogP contribution in [0, 0.1) is 0 Å². The Morgan fingerprint density at radius 1 is 0.792 bits per heavy atom. The van der Waals surface area contributed by atoms with E-state index in [1.54, 1.807) is 27.5 Å². The minimum absolute atomic E-state index is 0. The molecule has 0 atom stereocenters. The lowest BCUT2D eigenvalue weighted by Crippen LogP contribution is -1.95. The monoisotopic (exact) mass is 591 g/mol. The van der Waals surface area contributed by atoms with E-state index >= 15 is 0 Å². The Bertz CT molecular complexity index is 585. The molecule has 0 bridgehead atoms. The molecule has 24 heavy (non-hydrogen) atoms. The molecule has 0 radical (unpaired) electrons. The molecular formula is C16H21Br4NO3. The van der Waals surface area contributed by atoms with Crippen molar-refractivity contribution in [2.75, 3.05) is 21.3 Å². The van der Waals surface area contributed by atoms with Gasteiger partial charge in [0, 0.05) is 6.20 Å². The Labute approximate surface area is 184 Å². The standard InChI is InChI=1S/C16H17NO3.4BrH/c1-18-14-10-12(11-15(19-2)16(14)20-3)7-8-13-6-4-5-9-17-13;;;;/h4-11H,1-3H3;4*1H/b8-7+;;;;. The Morgan fingerprint density at radius 3 is 1.79 bits per heavy atom. The lowest BCUT2D eigenvalue weighted by molar-refractivity contribution is 0.324. The van der Waals surface area contributed by atoms with Gasteiger partial charge in [-0.25, -0.2) is 0 Å². The van der Waals surface area contributed by atoms with Crippen molar-refractivity contribution >= 4 is 80.1 Å². The van der Waals surface area contributed by atoms with Gasteiger partial charge >= 0.3 is 0 Å². The van der Waals surface area contributed by atoms with Crippen LogP contribution in [-0.4, -0.2) is 26.3 Å². The van der Waals surface area contributed by atoms with Crippen LogP contribution in [0.4, 0.5) is 0 Å². The number of rotatable bonds is 5. The summed E-state index contributed by atoms with van der Waals surface area (Å²) in [7, 11) is 4.79. The zero-order chi connectivity index (χ0) is 14.4. The van der Waals surface area contributed by atoms with Gasteiger partial charge in [-0.1, -0.05) is 12.1 Å². The van der Waals surface area contributed by atoms with Crippen LogP contribution in [0.3, 0.4) is 0 Å². The summed E-state index contributed by atoms with van der Waals surface area (Å²) in [6.07, 6.45) is 5.64. The third-order valence-electron chi connectivity index (χ3n) is 2.82. The van der Waals surface area contributed by atoms with Crippen molar-refractivity contribution in [1.29, 1.82) is 0 Å². The van der Waals surface area contributed by atoms with Crippen molar-refractivity contribution in [2.45, 2.75) is 0 Å². The van der Waals surface area contributed by atoms with Crippen LogP contribution in [0.2, 0.25) is 0 Å². The average Bonchev–Trinajstić information content (AvgIpc) is 2.52. The Morgan fingerprint density at radius 2 is 1.38 bits per heavy atom. The number of aromatic nitrogens is 1. The Hall–Kier alpha value is -0.570. The van der Waals surface area contributed by atoms with Gasteiger partial charge in [0.2, 0.25) is 5.75 Å². The van der Waals surface area contributed by atoms with E-state index in [4.69, 9.17) is 14.2 Å². The normalized spacial score (nSPS) is 8.79. The zero-order valence-electron chi connectivity index (χ0n) is 13.4. The second kappa shape index (κ2) is 14.7. The molecule has 0 unspecified atom stereocenters. The van der Waals surface area contributed by atoms with Gasteiger partial charge in [0.1, 0.15) is 0 Å². The number of benzene rings is 1. The summed E-state index contributed by atoms with van der Waals surface area (Å²) in [5.41, 5.74) is 1.84. The quantitative estimate of drug-likeness (QED) is 0.453. The molecule has 0 aliphatic rings. The van der Waals surface area contributed by atoms with Crippen LogP contribution in [-0.2, 0) is 0 Å². The van der Waals surface area contributed by atoms with Gasteiger partial charge in [0.05, 0.1) is 27.0 Å². The van der Waals surface area contributed by atoms with Gasteiger partial charge in [0.25, 0.3) is 0 Å². The van der Waals surface area contributed by atoms with E-state index in [1.165, 1.54) is 0 Å². The third-order valence-corrected chi connectivity index (χ3v) is 2.82. The van der Waals surface area contributed by atoms with Crippen LogP contribution >= 0.6 is 67.9 Å². The summed E-state index contributed by atoms with van der Waals surface area (Å²) in [5, 5.41) is 0. The lowest BCUT2D eigenvalue weighted by atomic mass is 10.1. The highest BCUT2D eigenvalue weighted by Gasteiger charge is 2.11. The first-order valence-corrected chi connectivity index (χ1v) is 6.17. The molecule has 0 amide bonds. The van der Waals surface area contributed by atoms with Gasteiger partial charge in [-0.15, -0.1) is 67.9 Å². The first-order chi connectivity index (χ1) is 9.78. The highest BCUT2D eigenvalue weighted by Crippen LogP contribution is 2.38. The highest BCUT2D eigenvalue weighted by molar-refractivity contribution is 8.93. The van der Waals surface area contributed by atoms with Crippen LogP contribution in [0.1, 0.15) is 11.3 Å². The van der Waals surface area contributed by atoms with Crippen LogP contribution in [0.25, 0.3) is 12.2 Å². The number of nitrogens with zero attached hydrogens (tertiary/aromatic N) is 1. The maximum atomic E-state index is 5.32. The van der Waals surface area contributed by atoms with E-state index in [0.717, 1.165) is 11.3 Å². The SMILES string of the molecule is Br.Br.Br.Br.COc1cc(/C=C/c2ccccn2)cc(OC)c1OC. The third kappa shape index (κ3) is 7.55. The molecule has 0 saturated heterocycles. The van der Waals surface area contributed by atoms with Gasteiger partial charge in [-0.05, 0) is 35.9 Å². The van der Waals surface area contributed by atoms with Crippen molar-refractivity contribution in [2.24, 2.45) is 0 Å². The first kappa shape index (κ1) is 28.2. The van der Waals surface area contributed by atoms with Crippen molar-refractivity contribution in [3.63, 3.8) is 0 Å². The number of pyridine rings is 1. The second-order valence-electron chi connectivity index (χ2n) is 4.05. The van der Waals surface area contributed by atoms with Crippen LogP contribution < -0.4 is 14.2 Å². The van der Waals surface area contributed by atoms with Gasteiger partial charge in [0.15, 0.2) is 11.5 Å². The van der Waals surface area contributed by atoms with Gasteiger partial charge in [-0.3, -0.25) is 4.98 Å². The molecule has 1 heterocycles. The summed E-state index contributed by atoms with van der Waals surface area (Å²) < 4.78 is 15.9. The van der Waals surface area contributed by atoms with E-state index in [9.17, 15) is 0 Å². The predicted octanol–water partition coefficient (Wildman–Crippen LogP) is 5.59. The number of halogens is 4. The molecule has 0 N–H and O–H groups in total. The molecule has 2 rings (SSSR count). The molecule has 136 valence electrons. The molecular weight excluding hydrogens is 574 g/mol. The van der Waals surface area contributed by atoms with Crippen molar-refractivity contribution in [3.05, 3.63) is 47.8 Å². The fourth-order valence-corrected chi connectivity index (χ4v) is 1.85. The fourth-order valence-electron chi connectivity index (χ4n) is 1.85. The molecule has 0 saturated carbocycles. The molecule has 0 spiro atoms. The summed E-state index contributed by atoms with van der Waals surface area (Å²) in [5.74, 6) is 1.85. The fraction of sp³-hybridized carbons (Fsp3) is 0.188. The number of hydrogen-bond donors (Lipinski definition) is 0. The van der Waals surface area contributed by atoms with E-state index in [1.807, 2.05) is 42.5 Å². The van der Waals surface area contributed by atoms with E-state index < -0.39 is 0 Å². The molecule has 1 aromatic carbocycles. The maximum absolute atomic E-state index is 5.32. The summed E-state index contributed by atoms with van der Waals surface area (Å²) in [6, 6.07) is 9.55. The number of ether oxygens (including phenoxy) is 3. The first-order valence-electron chi connectivity index (χ1n) is 6.17. The molecule has 2 aromatic rings. The highest BCUT2D eigenvalue weighted by atomic mass is 79.9. The number of hydrogen-bond acceptors (Lipinski definition) is 4. The van der Waals surface area contributed by atoms with Crippen molar-refractivity contribution in [1.82, 2.24) is 4.98 Å². The van der Waals surface area contributed by atoms with E-state index in [-0.39, 0.29) is 67.9 Å². The predicted molar refractivity (Wildman–Crippen MR) is 121 cm³/mol. The zero-order valence-corrected chi connectivity index (χ0v) is 20.3. The largest absolute Gasteiger partial charge is 0.493 e. The smallest absolute Gasteiger partial charge is 0.203 e. The van der Waals surface area contributed by atoms with Crippen LogP contribution in [0.5, 0.6) is 17.2 Å². The van der Waals surface area contributed by atoms with Crippen LogP contribution in [0.15, 0.2) is 36.5 Å². The average molecular weight is 595 g/mol. The molecule has 0 aliphatic heterocycles. The van der Waals surface area contributed by atoms with Crippen molar-refractivity contribution < 1.29 is 14.2 Å². The minimum atomic E-state index is 0. The Balaban J connectivity index is -0.00000110. The van der Waals surface area contributed by atoms with Gasteiger partial charge < -0.3 is 14.2 Å². The minimum Gasteiger partial charge on any atom is -0.493 e. The summed E-state index contributed by atoms with van der Waals surface area (Å²) in [6.45, 7) is 0. The van der Waals surface area contributed by atoms with Gasteiger partial charge in [-0.2, -0.15) is 0 Å². The Kier molecular flexibility index (Phi) is 17.4. The molecule has 4 nitrogen and oxygen atoms in total. The van der Waals surface area contributed by atoms with Crippen molar-refractivity contribution in [3.8, 4) is 17.2 Å².